The lowest BCUT2D eigenvalue weighted by Gasteiger charge is -2.30. The molecule has 29 heavy (non-hydrogen) atoms. The average Bonchev–Trinajstić information content (AvgIpc) is 2.78. The van der Waals surface area contributed by atoms with Gasteiger partial charge in [0.1, 0.15) is 0 Å². The highest BCUT2D eigenvalue weighted by Crippen LogP contribution is 2.24. The number of benzene rings is 2. The fourth-order valence-electron chi connectivity index (χ4n) is 3.49. The van der Waals surface area contributed by atoms with Gasteiger partial charge in [-0.15, -0.1) is 0 Å². The molecule has 0 atom stereocenters. The van der Waals surface area contributed by atoms with Gasteiger partial charge in [0.15, 0.2) is 0 Å². The lowest BCUT2D eigenvalue weighted by molar-refractivity contribution is 0.0600. The largest absolute Gasteiger partial charge is 0.465 e. The third-order valence-electron chi connectivity index (χ3n) is 5.02. The molecule has 0 unspecified atom stereocenters. The summed E-state index contributed by atoms with van der Waals surface area (Å²) >= 11 is 0. The first-order chi connectivity index (χ1) is 14.1. The number of amides is 1. The molecule has 1 N–H and O–H groups in total. The Labute approximate surface area is 169 Å². The van der Waals surface area contributed by atoms with E-state index in [0.717, 1.165) is 25.2 Å². The summed E-state index contributed by atoms with van der Waals surface area (Å²) in [6, 6.07) is 16.9. The molecule has 146 valence electrons. The summed E-state index contributed by atoms with van der Waals surface area (Å²) in [5, 5.41) is 2.82. The van der Waals surface area contributed by atoms with Crippen molar-refractivity contribution in [3.8, 4) is 0 Å². The van der Waals surface area contributed by atoms with Crippen LogP contribution in [0.25, 0.3) is 0 Å². The Hall–Kier alpha value is -3.67. The minimum atomic E-state index is -0.449. The van der Waals surface area contributed by atoms with E-state index in [-0.39, 0.29) is 5.91 Å². The van der Waals surface area contributed by atoms with Crippen LogP contribution >= 0.6 is 0 Å². The number of nitrogens with one attached hydrogen (secondary N) is 1. The number of carbonyl (C=O) groups is 2. The molecule has 0 bridgehead atoms. The Morgan fingerprint density at radius 3 is 2.66 bits per heavy atom. The standard InChI is InChI=1S/C23H21N3O3/c1-29-23(28)17-7-4-8-20(11-17)25-22(27)19-12-21(14-24-13-19)26-10-9-16-5-2-3-6-18(16)15-26/h2-8,11-14H,9-10,15H2,1H3,(H,25,27). The van der Waals surface area contributed by atoms with Gasteiger partial charge in [0.2, 0.25) is 0 Å². The van der Waals surface area contributed by atoms with E-state index in [2.05, 4.69) is 33.4 Å². The third kappa shape index (κ3) is 4.11. The normalized spacial score (nSPS) is 12.8. The quantitative estimate of drug-likeness (QED) is 0.692. The fraction of sp³-hybridized carbons (Fsp3) is 0.174. The number of aromatic nitrogens is 1. The number of methoxy groups -OCH3 is 1. The molecule has 6 heteroatoms. The SMILES string of the molecule is COC(=O)c1cccc(NC(=O)c2cncc(N3CCc4ccccc4C3)c2)c1. The van der Waals surface area contributed by atoms with E-state index in [1.807, 2.05) is 12.1 Å². The van der Waals surface area contributed by atoms with Gasteiger partial charge in [-0.2, -0.15) is 0 Å². The molecule has 1 aliphatic heterocycles. The molecule has 4 rings (SSSR count). The van der Waals surface area contributed by atoms with Crippen LogP contribution in [0.5, 0.6) is 0 Å². The molecule has 6 nitrogen and oxygen atoms in total. The highest BCUT2D eigenvalue weighted by atomic mass is 16.5. The number of carbonyl (C=O) groups excluding carboxylic acids is 2. The zero-order chi connectivity index (χ0) is 20.2. The smallest absolute Gasteiger partial charge is 0.337 e. The summed E-state index contributed by atoms with van der Waals surface area (Å²) in [7, 11) is 1.32. The topological polar surface area (TPSA) is 71.5 Å². The number of ether oxygens (including phenoxy) is 1. The van der Waals surface area contributed by atoms with Crippen LogP contribution in [-0.2, 0) is 17.7 Å². The zero-order valence-electron chi connectivity index (χ0n) is 16.1. The molecule has 3 aromatic rings. The van der Waals surface area contributed by atoms with Crippen molar-refractivity contribution in [3.05, 3.63) is 89.2 Å². The third-order valence-corrected chi connectivity index (χ3v) is 5.02. The summed E-state index contributed by atoms with van der Waals surface area (Å²) in [6.07, 6.45) is 4.29. The predicted octanol–water partition coefficient (Wildman–Crippen LogP) is 3.68. The van der Waals surface area contributed by atoms with Crippen LogP contribution in [0, 0.1) is 0 Å². The van der Waals surface area contributed by atoms with Crippen LogP contribution in [0.15, 0.2) is 67.0 Å². The zero-order valence-corrected chi connectivity index (χ0v) is 16.1. The van der Waals surface area contributed by atoms with E-state index in [9.17, 15) is 9.59 Å². The van der Waals surface area contributed by atoms with Crippen LogP contribution in [0.3, 0.4) is 0 Å². The van der Waals surface area contributed by atoms with Crippen LogP contribution in [0.4, 0.5) is 11.4 Å². The van der Waals surface area contributed by atoms with E-state index in [4.69, 9.17) is 4.74 Å². The summed E-state index contributed by atoms with van der Waals surface area (Å²) in [4.78, 5) is 30.9. The van der Waals surface area contributed by atoms with Crippen molar-refractivity contribution in [1.29, 1.82) is 0 Å². The van der Waals surface area contributed by atoms with Crippen molar-refractivity contribution in [3.63, 3.8) is 0 Å². The van der Waals surface area contributed by atoms with Gasteiger partial charge in [0.05, 0.1) is 30.1 Å². The number of pyridine rings is 1. The number of nitrogens with zero attached hydrogens (tertiary/aromatic N) is 2. The molecule has 2 heterocycles. The maximum Gasteiger partial charge on any atom is 0.337 e. The highest BCUT2D eigenvalue weighted by Gasteiger charge is 2.18. The molecule has 0 aliphatic carbocycles. The average molecular weight is 387 g/mol. The molecule has 1 amide bonds. The summed E-state index contributed by atoms with van der Waals surface area (Å²) in [5.41, 5.74) is 4.95. The first-order valence-electron chi connectivity index (χ1n) is 9.40. The van der Waals surface area contributed by atoms with Gasteiger partial charge >= 0.3 is 5.97 Å². The second kappa shape index (κ2) is 8.14. The first kappa shape index (κ1) is 18.7. The van der Waals surface area contributed by atoms with Gasteiger partial charge < -0.3 is 15.0 Å². The molecule has 0 radical (unpaired) electrons. The van der Waals surface area contributed by atoms with Crippen molar-refractivity contribution in [2.24, 2.45) is 0 Å². The van der Waals surface area contributed by atoms with Crippen molar-refractivity contribution in [2.45, 2.75) is 13.0 Å². The van der Waals surface area contributed by atoms with E-state index in [1.54, 1.807) is 36.7 Å². The maximum absolute atomic E-state index is 12.7. The van der Waals surface area contributed by atoms with Gasteiger partial charge in [-0.25, -0.2) is 4.79 Å². The fourth-order valence-corrected chi connectivity index (χ4v) is 3.49. The Balaban J connectivity index is 1.50. The second-order valence-corrected chi connectivity index (χ2v) is 6.90. The monoisotopic (exact) mass is 387 g/mol. The van der Waals surface area contributed by atoms with Crippen molar-refractivity contribution in [1.82, 2.24) is 4.98 Å². The molecule has 1 aliphatic rings. The Kier molecular flexibility index (Phi) is 5.24. The van der Waals surface area contributed by atoms with Gasteiger partial charge in [0.25, 0.3) is 5.91 Å². The lowest BCUT2D eigenvalue weighted by atomic mass is 9.99. The maximum atomic E-state index is 12.7. The number of anilines is 2. The molecule has 0 saturated carbocycles. The number of hydrogen-bond donors (Lipinski definition) is 1. The molecule has 1 aromatic heterocycles. The Morgan fingerprint density at radius 2 is 1.83 bits per heavy atom. The number of esters is 1. The molecule has 0 spiro atoms. The summed E-state index contributed by atoms with van der Waals surface area (Å²) in [6.45, 7) is 1.68. The van der Waals surface area contributed by atoms with E-state index < -0.39 is 5.97 Å². The van der Waals surface area contributed by atoms with Crippen molar-refractivity contribution in [2.75, 3.05) is 23.9 Å². The van der Waals surface area contributed by atoms with Crippen LogP contribution < -0.4 is 10.2 Å². The predicted molar refractivity (Wildman–Crippen MR) is 111 cm³/mol. The minimum Gasteiger partial charge on any atom is -0.465 e. The van der Waals surface area contributed by atoms with E-state index >= 15 is 0 Å². The van der Waals surface area contributed by atoms with Crippen LogP contribution in [0.2, 0.25) is 0 Å². The van der Waals surface area contributed by atoms with Crippen molar-refractivity contribution >= 4 is 23.3 Å². The van der Waals surface area contributed by atoms with Crippen molar-refractivity contribution < 1.29 is 14.3 Å². The summed E-state index contributed by atoms with van der Waals surface area (Å²) < 4.78 is 4.72. The first-order valence-corrected chi connectivity index (χ1v) is 9.40. The van der Waals surface area contributed by atoms with Gasteiger partial charge in [-0.3, -0.25) is 9.78 Å². The lowest BCUT2D eigenvalue weighted by Crippen LogP contribution is -2.30. The number of fused-ring (bicyclic) bond motifs is 1. The van der Waals surface area contributed by atoms with Gasteiger partial charge in [-0.05, 0) is 41.8 Å². The Morgan fingerprint density at radius 1 is 1.00 bits per heavy atom. The Bertz CT molecular complexity index is 1060. The molecule has 2 aromatic carbocycles. The molecule has 0 saturated heterocycles. The molecule has 0 fully saturated rings. The number of hydrogen-bond acceptors (Lipinski definition) is 5. The minimum absolute atomic E-state index is 0.279. The van der Waals surface area contributed by atoms with E-state index in [0.29, 0.717) is 16.8 Å². The number of rotatable bonds is 4. The van der Waals surface area contributed by atoms with Crippen LogP contribution in [0.1, 0.15) is 31.8 Å². The van der Waals surface area contributed by atoms with Gasteiger partial charge in [0, 0.05) is 25.0 Å². The van der Waals surface area contributed by atoms with Crippen LogP contribution in [-0.4, -0.2) is 30.5 Å². The van der Waals surface area contributed by atoms with E-state index in [1.165, 1.54) is 18.2 Å². The second-order valence-electron chi connectivity index (χ2n) is 6.90. The molecular formula is C23H21N3O3. The highest BCUT2D eigenvalue weighted by molar-refractivity contribution is 6.05. The van der Waals surface area contributed by atoms with Gasteiger partial charge in [-0.1, -0.05) is 30.3 Å². The summed E-state index contributed by atoms with van der Waals surface area (Å²) in [5.74, 6) is -0.728. The molecular weight excluding hydrogens is 366 g/mol.